The first kappa shape index (κ1) is 24.4. The molecule has 0 bridgehead atoms. The van der Waals surface area contributed by atoms with E-state index in [4.69, 9.17) is 9.47 Å². The molecule has 0 saturated carbocycles. The molecule has 0 aliphatic heterocycles. The van der Waals surface area contributed by atoms with Crippen LogP contribution in [0, 0.1) is 11.3 Å². The van der Waals surface area contributed by atoms with E-state index in [1.165, 1.54) is 7.11 Å². The van der Waals surface area contributed by atoms with Crippen LogP contribution in [0.5, 0.6) is 0 Å². The fourth-order valence-electron chi connectivity index (χ4n) is 2.86. The van der Waals surface area contributed by atoms with Gasteiger partial charge in [0.1, 0.15) is 11.5 Å². The summed E-state index contributed by atoms with van der Waals surface area (Å²) in [7, 11) is 3.04. The monoisotopic (exact) mass is 408 g/mol. The van der Waals surface area contributed by atoms with Gasteiger partial charge in [-0.3, -0.25) is 19.6 Å². The molecule has 0 aromatic heterocycles. The maximum Gasteiger partial charge on any atom is 0.233 e. The number of amides is 2. The molecule has 0 fully saturated rings. The first-order valence-corrected chi connectivity index (χ1v) is 9.56. The summed E-state index contributed by atoms with van der Waals surface area (Å²) in [5.41, 5.74) is -0.175. The largest absolute Gasteiger partial charge is 0.500 e. The van der Waals surface area contributed by atoms with Gasteiger partial charge < -0.3 is 14.8 Å². The van der Waals surface area contributed by atoms with Crippen LogP contribution in [-0.2, 0) is 23.9 Å². The molecule has 0 aromatic carbocycles. The van der Waals surface area contributed by atoms with Crippen molar-refractivity contribution in [1.82, 2.24) is 10.4 Å². The molecule has 2 atom stereocenters. The molecule has 0 saturated heterocycles. The number of ketones is 1. The number of methoxy groups -OCH3 is 2. The number of ether oxygens (including phenoxy) is 2. The highest BCUT2D eigenvalue weighted by atomic mass is 16.5. The lowest BCUT2D eigenvalue weighted by molar-refractivity contribution is -0.154. The summed E-state index contributed by atoms with van der Waals surface area (Å²) in [4.78, 5) is 36.7. The molecule has 1 aliphatic rings. The topological polar surface area (TPSA) is 105 Å². The average molecular weight is 408 g/mol. The van der Waals surface area contributed by atoms with E-state index < -0.39 is 23.3 Å². The molecule has 1 aliphatic carbocycles. The van der Waals surface area contributed by atoms with E-state index in [9.17, 15) is 19.6 Å². The average Bonchev–Trinajstić information content (AvgIpc) is 2.92. The van der Waals surface area contributed by atoms with Gasteiger partial charge in [-0.05, 0) is 30.1 Å². The predicted molar refractivity (Wildman–Crippen MR) is 108 cm³/mol. The molecule has 0 spiro atoms. The van der Waals surface area contributed by atoms with Crippen molar-refractivity contribution in [3.05, 3.63) is 35.3 Å². The number of hydroxylamine groups is 2. The molecule has 8 nitrogen and oxygen atoms in total. The summed E-state index contributed by atoms with van der Waals surface area (Å²) in [6, 6.07) is -0.820. The minimum Gasteiger partial charge on any atom is -0.500 e. The van der Waals surface area contributed by atoms with E-state index in [-0.39, 0.29) is 18.7 Å². The molecular formula is C21H32N2O6. The molecule has 0 heterocycles. The van der Waals surface area contributed by atoms with Crippen LogP contribution in [0.1, 0.15) is 40.5 Å². The maximum absolute atomic E-state index is 13.5. The molecule has 0 aromatic rings. The highest BCUT2D eigenvalue weighted by Gasteiger charge is 2.38. The second-order valence-corrected chi connectivity index (χ2v) is 7.67. The van der Waals surface area contributed by atoms with Crippen LogP contribution in [0.3, 0.4) is 0 Å². The van der Waals surface area contributed by atoms with E-state index in [1.807, 2.05) is 26.8 Å². The SMILES string of the molecule is CCC(C)(C)C(NC(=O)C(C)CN(O)C=O)C(=O)C1=C(OC)CC=C(OC)C=C1. The van der Waals surface area contributed by atoms with Gasteiger partial charge in [0.25, 0.3) is 0 Å². The Kier molecular flexibility index (Phi) is 9.10. The van der Waals surface area contributed by atoms with Gasteiger partial charge in [-0.15, -0.1) is 0 Å². The second kappa shape index (κ2) is 10.8. The van der Waals surface area contributed by atoms with Gasteiger partial charge in [-0.2, -0.15) is 0 Å². The molecule has 2 unspecified atom stereocenters. The summed E-state index contributed by atoms with van der Waals surface area (Å²) in [6.45, 7) is 7.14. The molecule has 0 radical (unpaired) electrons. The lowest BCUT2D eigenvalue weighted by Crippen LogP contribution is -2.52. The number of nitrogens with zero attached hydrogens (tertiary/aromatic N) is 1. The summed E-state index contributed by atoms with van der Waals surface area (Å²) >= 11 is 0. The number of rotatable bonds is 11. The first-order chi connectivity index (χ1) is 13.6. The Morgan fingerprint density at radius 2 is 1.97 bits per heavy atom. The van der Waals surface area contributed by atoms with Gasteiger partial charge in [0, 0.05) is 6.42 Å². The van der Waals surface area contributed by atoms with E-state index >= 15 is 0 Å². The van der Waals surface area contributed by atoms with Crippen LogP contribution in [0.4, 0.5) is 0 Å². The van der Waals surface area contributed by atoms with Crippen LogP contribution >= 0.6 is 0 Å². The minimum atomic E-state index is -0.820. The number of Topliss-reactive ketones (excluding diaryl/α,β-unsaturated/α-hetero) is 1. The summed E-state index contributed by atoms with van der Waals surface area (Å²) < 4.78 is 10.7. The van der Waals surface area contributed by atoms with Crippen LogP contribution in [0.2, 0.25) is 0 Å². The number of hydrogen-bond donors (Lipinski definition) is 2. The fourth-order valence-corrected chi connectivity index (χ4v) is 2.86. The molecule has 1 rings (SSSR count). The van der Waals surface area contributed by atoms with Crippen molar-refractivity contribution in [1.29, 1.82) is 0 Å². The fraction of sp³-hybridized carbons (Fsp3) is 0.571. The van der Waals surface area contributed by atoms with E-state index in [0.717, 1.165) is 0 Å². The quantitative estimate of drug-likeness (QED) is 0.309. The van der Waals surface area contributed by atoms with Gasteiger partial charge in [-0.25, -0.2) is 5.06 Å². The number of nitrogens with one attached hydrogen (secondary N) is 1. The third-order valence-corrected chi connectivity index (χ3v) is 5.22. The van der Waals surface area contributed by atoms with E-state index in [1.54, 1.807) is 26.2 Å². The van der Waals surface area contributed by atoms with Crippen LogP contribution in [0.25, 0.3) is 0 Å². The Labute approximate surface area is 172 Å². The van der Waals surface area contributed by atoms with Gasteiger partial charge >= 0.3 is 0 Å². The Morgan fingerprint density at radius 3 is 2.48 bits per heavy atom. The van der Waals surface area contributed by atoms with Crippen molar-refractivity contribution in [2.24, 2.45) is 11.3 Å². The zero-order valence-electron chi connectivity index (χ0n) is 18.0. The van der Waals surface area contributed by atoms with Gasteiger partial charge in [0.15, 0.2) is 5.78 Å². The molecule has 29 heavy (non-hydrogen) atoms. The molecule has 2 N–H and O–H groups in total. The zero-order chi connectivity index (χ0) is 22.2. The Balaban J connectivity index is 3.21. The van der Waals surface area contributed by atoms with Crippen molar-refractivity contribution in [2.45, 2.75) is 46.6 Å². The van der Waals surface area contributed by atoms with E-state index in [2.05, 4.69) is 5.32 Å². The molecule has 8 heteroatoms. The van der Waals surface area contributed by atoms with E-state index in [0.29, 0.717) is 35.0 Å². The first-order valence-electron chi connectivity index (χ1n) is 9.56. The lowest BCUT2D eigenvalue weighted by atomic mass is 9.77. The highest BCUT2D eigenvalue weighted by molar-refractivity contribution is 6.04. The predicted octanol–water partition coefficient (Wildman–Crippen LogP) is 2.35. The van der Waals surface area contributed by atoms with Crippen molar-refractivity contribution in [3.63, 3.8) is 0 Å². The standard InChI is InChI=1S/C21H32N2O6/c1-7-21(3,4)19(22-20(26)14(2)12-23(27)13-24)18(25)16-10-8-15(28-5)9-11-17(16)29-6/h8-10,13-14,19,27H,7,11-12H2,1-6H3,(H,22,26). The second-order valence-electron chi connectivity index (χ2n) is 7.67. The number of allylic oxidation sites excluding steroid dienone is 3. The maximum atomic E-state index is 13.5. The number of carbonyl (C=O) groups excluding carboxylic acids is 3. The van der Waals surface area contributed by atoms with Gasteiger partial charge in [-0.1, -0.05) is 27.7 Å². The summed E-state index contributed by atoms with van der Waals surface area (Å²) in [6.07, 6.45) is 6.39. The smallest absolute Gasteiger partial charge is 0.233 e. The van der Waals surface area contributed by atoms with Crippen molar-refractivity contribution >= 4 is 18.1 Å². The Bertz CT molecular complexity index is 708. The lowest BCUT2D eigenvalue weighted by Gasteiger charge is -2.34. The zero-order valence-corrected chi connectivity index (χ0v) is 18.0. The molecule has 162 valence electrons. The third-order valence-electron chi connectivity index (χ3n) is 5.22. The van der Waals surface area contributed by atoms with Crippen molar-refractivity contribution < 1.29 is 29.1 Å². The minimum absolute atomic E-state index is 0.171. The Hall–Kier alpha value is -2.61. The van der Waals surface area contributed by atoms with Crippen LogP contribution in [0.15, 0.2) is 35.3 Å². The number of carbonyl (C=O) groups is 3. The molecule has 2 amide bonds. The van der Waals surface area contributed by atoms with Crippen molar-refractivity contribution in [3.8, 4) is 0 Å². The Morgan fingerprint density at radius 1 is 1.31 bits per heavy atom. The third kappa shape index (κ3) is 6.45. The summed E-state index contributed by atoms with van der Waals surface area (Å²) in [5, 5.41) is 12.6. The normalized spacial score (nSPS) is 16.3. The van der Waals surface area contributed by atoms with Crippen LogP contribution in [-0.4, -0.2) is 55.2 Å². The van der Waals surface area contributed by atoms with Crippen LogP contribution < -0.4 is 5.32 Å². The van der Waals surface area contributed by atoms with Gasteiger partial charge in [0.05, 0.1) is 38.3 Å². The summed E-state index contributed by atoms with van der Waals surface area (Å²) in [5.74, 6) is -0.301. The highest BCUT2D eigenvalue weighted by Crippen LogP contribution is 2.30. The number of hydrogen-bond acceptors (Lipinski definition) is 6. The van der Waals surface area contributed by atoms with Gasteiger partial charge in [0.2, 0.25) is 12.3 Å². The van der Waals surface area contributed by atoms with Crippen molar-refractivity contribution in [2.75, 3.05) is 20.8 Å². The molecular weight excluding hydrogens is 376 g/mol.